The third-order valence-electron chi connectivity index (χ3n) is 5.26. The maximum absolute atomic E-state index is 12.8. The summed E-state index contributed by atoms with van der Waals surface area (Å²) in [5.74, 6) is -0.296. The van der Waals surface area contributed by atoms with Gasteiger partial charge in [0.15, 0.2) is 11.5 Å². The van der Waals surface area contributed by atoms with Gasteiger partial charge in [-0.25, -0.2) is 4.39 Å². The number of hydrogen-bond acceptors (Lipinski definition) is 8. The van der Waals surface area contributed by atoms with Crippen LogP contribution in [0.25, 0.3) is 10.9 Å². The quantitative estimate of drug-likeness (QED) is 0.457. The van der Waals surface area contributed by atoms with E-state index in [0.717, 1.165) is 36.6 Å². The summed E-state index contributed by atoms with van der Waals surface area (Å²) in [5.41, 5.74) is 12.9. The molecule has 10 nitrogen and oxygen atoms in total. The second kappa shape index (κ2) is 8.57. The van der Waals surface area contributed by atoms with Crippen LogP contribution in [0.1, 0.15) is 36.2 Å². The average molecular weight is 413 g/mol. The summed E-state index contributed by atoms with van der Waals surface area (Å²) in [7, 11) is 0. The van der Waals surface area contributed by atoms with Gasteiger partial charge in [0, 0.05) is 23.2 Å². The van der Waals surface area contributed by atoms with E-state index in [1.165, 1.54) is 0 Å². The molecule has 1 saturated carbocycles. The fourth-order valence-corrected chi connectivity index (χ4v) is 3.69. The number of carbonyl (C=O) groups excluding carboxylic acids is 1. The predicted molar refractivity (Wildman–Crippen MR) is 111 cm³/mol. The number of carbonyl (C=O) groups is 1. The Balaban J connectivity index is 1.62. The highest BCUT2D eigenvalue weighted by atomic mass is 19.1. The largest absolute Gasteiger partial charge is 0.364 e. The molecule has 0 saturated heterocycles. The van der Waals surface area contributed by atoms with Crippen molar-refractivity contribution in [3.63, 3.8) is 0 Å². The molecule has 2 aromatic heterocycles. The average Bonchev–Trinajstić information content (AvgIpc) is 3.12. The first-order valence-electron chi connectivity index (χ1n) is 9.90. The maximum Gasteiger partial charge on any atom is 0.273 e. The van der Waals surface area contributed by atoms with Gasteiger partial charge >= 0.3 is 0 Å². The number of fused-ring (bicyclic) bond motifs is 1. The predicted octanol–water partition coefficient (Wildman–Crippen LogP) is 1.72. The number of rotatable bonds is 7. The molecule has 2 atom stereocenters. The van der Waals surface area contributed by atoms with Crippen molar-refractivity contribution in [3.8, 4) is 0 Å². The number of aryl methyl sites for hydroxylation is 1. The summed E-state index contributed by atoms with van der Waals surface area (Å²) >= 11 is 0. The number of nitrogens with one attached hydrogen (secondary N) is 2. The minimum atomic E-state index is -0.748. The van der Waals surface area contributed by atoms with Crippen molar-refractivity contribution < 1.29 is 9.18 Å². The molecule has 2 heterocycles. The molecule has 1 aliphatic rings. The van der Waals surface area contributed by atoms with Crippen LogP contribution in [0.3, 0.4) is 0 Å². The van der Waals surface area contributed by atoms with Gasteiger partial charge in [-0.15, -0.1) is 10.2 Å². The van der Waals surface area contributed by atoms with Gasteiger partial charge in [0.25, 0.3) is 5.91 Å². The van der Waals surface area contributed by atoms with Crippen molar-refractivity contribution in [2.75, 3.05) is 17.3 Å². The third-order valence-corrected chi connectivity index (χ3v) is 5.26. The second-order valence-electron chi connectivity index (χ2n) is 7.35. The summed E-state index contributed by atoms with van der Waals surface area (Å²) in [5, 5.41) is 19.3. The van der Waals surface area contributed by atoms with Crippen molar-refractivity contribution in [1.29, 1.82) is 0 Å². The molecule has 0 radical (unpaired) electrons. The molecule has 1 amide bonds. The lowest BCUT2D eigenvalue weighted by atomic mass is 9.91. The van der Waals surface area contributed by atoms with E-state index in [-0.39, 0.29) is 36.1 Å². The zero-order valence-electron chi connectivity index (χ0n) is 16.4. The first kappa shape index (κ1) is 20.0. The van der Waals surface area contributed by atoms with E-state index in [4.69, 9.17) is 11.5 Å². The highest BCUT2D eigenvalue weighted by molar-refractivity contribution is 5.96. The van der Waals surface area contributed by atoms with Crippen LogP contribution in [0, 0.1) is 0 Å². The lowest BCUT2D eigenvalue weighted by molar-refractivity contribution is 0.0995. The van der Waals surface area contributed by atoms with Crippen molar-refractivity contribution in [3.05, 3.63) is 30.1 Å². The van der Waals surface area contributed by atoms with Crippen molar-refractivity contribution in [1.82, 2.24) is 25.0 Å². The first-order chi connectivity index (χ1) is 14.5. The van der Waals surface area contributed by atoms with Crippen LogP contribution in [-0.4, -0.2) is 49.6 Å². The molecule has 11 heteroatoms. The monoisotopic (exact) mass is 413 g/mol. The smallest absolute Gasteiger partial charge is 0.273 e. The molecule has 0 aliphatic heterocycles. The van der Waals surface area contributed by atoms with Gasteiger partial charge in [-0.3, -0.25) is 9.48 Å². The Hall–Kier alpha value is -3.34. The van der Waals surface area contributed by atoms with Gasteiger partial charge in [-0.05, 0) is 31.0 Å². The Bertz CT molecular complexity index is 1050. The minimum absolute atomic E-state index is 0.00720. The van der Waals surface area contributed by atoms with Crippen LogP contribution >= 0.6 is 0 Å². The SMILES string of the molecule is NC(=O)c1nnc(N[C@@H]2CCCC[C@@H]2N)nc1Nc1ccc2cnn(CCF)c2c1. The Morgan fingerprint density at radius 2 is 2.10 bits per heavy atom. The lowest BCUT2D eigenvalue weighted by Gasteiger charge is -2.29. The number of primary amides is 1. The number of aromatic nitrogens is 5. The molecular weight excluding hydrogens is 389 g/mol. The molecule has 4 rings (SSSR count). The van der Waals surface area contributed by atoms with E-state index in [0.29, 0.717) is 5.69 Å². The Morgan fingerprint density at radius 1 is 1.27 bits per heavy atom. The molecule has 0 spiro atoms. The molecule has 1 aromatic carbocycles. The zero-order chi connectivity index (χ0) is 21.1. The number of alkyl halides is 1. The number of anilines is 3. The van der Waals surface area contributed by atoms with Crippen molar-refractivity contribution in [2.45, 2.75) is 44.3 Å². The number of hydrogen-bond donors (Lipinski definition) is 4. The van der Waals surface area contributed by atoms with Crippen LogP contribution in [0.15, 0.2) is 24.4 Å². The summed E-state index contributed by atoms with van der Waals surface area (Å²) in [6.07, 6.45) is 5.71. The van der Waals surface area contributed by atoms with E-state index in [2.05, 4.69) is 30.9 Å². The minimum Gasteiger partial charge on any atom is -0.364 e. The molecular formula is C19H24FN9O. The highest BCUT2D eigenvalue weighted by Gasteiger charge is 2.23. The third kappa shape index (κ3) is 4.15. The molecule has 0 bridgehead atoms. The number of halogens is 1. The molecule has 0 unspecified atom stereocenters. The first-order valence-corrected chi connectivity index (χ1v) is 9.90. The van der Waals surface area contributed by atoms with Gasteiger partial charge in [-0.2, -0.15) is 10.1 Å². The molecule has 1 fully saturated rings. The highest BCUT2D eigenvalue weighted by Crippen LogP contribution is 2.24. The summed E-state index contributed by atoms with van der Waals surface area (Å²) in [4.78, 5) is 16.2. The molecule has 30 heavy (non-hydrogen) atoms. The Labute approximate surface area is 172 Å². The summed E-state index contributed by atoms with van der Waals surface area (Å²) < 4.78 is 14.3. The van der Waals surface area contributed by atoms with Crippen LogP contribution in [0.4, 0.5) is 21.8 Å². The Morgan fingerprint density at radius 3 is 2.87 bits per heavy atom. The second-order valence-corrected chi connectivity index (χ2v) is 7.35. The summed E-state index contributed by atoms with van der Waals surface area (Å²) in [6, 6.07) is 5.50. The fourth-order valence-electron chi connectivity index (χ4n) is 3.69. The van der Waals surface area contributed by atoms with E-state index >= 15 is 0 Å². The zero-order valence-corrected chi connectivity index (χ0v) is 16.4. The van der Waals surface area contributed by atoms with Crippen molar-refractivity contribution >= 4 is 34.3 Å². The topological polar surface area (TPSA) is 150 Å². The lowest BCUT2D eigenvalue weighted by Crippen LogP contribution is -2.43. The maximum atomic E-state index is 12.8. The van der Waals surface area contributed by atoms with E-state index in [1.807, 2.05) is 6.07 Å². The fraction of sp³-hybridized carbons (Fsp3) is 0.421. The van der Waals surface area contributed by atoms with Crippen molar-refractivity contribution in [2.24, 2.45) is 11.5 Å². The van der Waals surface area contributed by atoms with E-state index in [1.54, 1.807) is 23.0 Å². The van der Waals surface area contributed by atoms with Gasteiger partial charge < -0.3 is 22.1 Å². The van der Waals surface area contributed by atoms with Crippen LogP contribution in [-0.2, 0) is 6.54 Å². The van der Waals surface area contributed by atoms with Crippen LogP contribution < -0.4 is 22.1 Å². The summed E-state index contributed by atoms with van der Waals surface area (Å²) in [6.45, 7) is -0.362. The van der Waals surface area contributed by atoms with Gasteiger partial charge in [0.2, 0.25) is 5.95 Å². The van der Waals surface area contributed by atoms with Gasteiger partial charge in [-0.1, -0.05) is 12.8 Å². The van der Waals surface area contributed by atoms with Gasteiger partial charge in [0.05, 0.1) is 18.3 Å². The molecule has 1 aliphatic carbocycles. The normalized spacial score (nSPS) is 19.0. The van der Waals surface area contributed by atoms with Crippen LogP contribution in [0.2, 0.25) is 0 Å². The number of amides is 1. The van der Waals surface area contributed by atoms with E-state index < -0.39 is 12.6 Å². The number of nitrogens with zero attached hydrogens (tertiary/aromatic N) is 5. The molecule has 6 N–H and O–H groups in total. The van der Waals surface area contributed by atoms with E-state index in [9.17, 15) is 9.18 Å². The molecule has 158 valence electrons. The number of benzene rings is 1. The standard InChI is InChI=1S/C19H24FN9O/c20-7-8-29-15-9-12(6-5-11(15)10-23-29)24-18-16(17(22)30)27-28-19(26-18)25-14-4-2-1-3-13(14)21/h5-6,9-10,13-14H,1-4,7-8,21H2,(H2,22,30)(H2,24,25,26,28)/t13-,14+/m0/s1. The number of nitrogens with two attached hydrogens (primary N) is 2. The van der Waals surface area contributed by atoms with Gasteiger partial charge in [0.1, 0.15) is 6.67 Å². The van der Waals surface area contributed by atoms with Crippen LogP contribution in [0.5, 0.6) is 0 Å². The Kier molecular flexibility index (Phi) is 5.70. The molecule has 3 aromatic rings.